The van der Waals surface area contributed by atoms with Gasteiger partial charge in [0.05, 0.1) is 5.69 Å². The van der Waals surface area contributed by atoms with Crippen molar-refractivity contribution in [1.29, 1.82) is 0 Å². The van der Waals surface area contributed by atoms with E-state index in [1.807, 2.05) is 30.3 Å². The Morgan fingerprint density at radius 1 is 1.14 bits per heavy atom. The van der Waals surface area contributed by atoms with Crippen molar-refractivity contribution >= 4 is 18.0 Å². The number of aromatic amines is 1. The highest BCUT2D eigenvalue weighted by Crippen LogP contribution is 2.08. The molecule has 28 heavy (non-hydrogen) atoms. The first kappa shape index (κ1) is 20.9. The van der Waals surface area contributed by atoms with E-state index < -0.39 is 35.3 Å². The Hall–Kier alpha value is -3.42. The summed E-state index contributed by atoms with van der Waals surface area (Å²) in [7, 11) is 0. The van der Waals surface area contributed by atoms with E-state index in [0.717, 1.165) is 22.3 Å². The average Bonchev–Trinajstić information content (AvgIpc) is 2.60. The molecule has 1 aromatic carbocycles. The molecule has 0 unspecified atom stereocenters. The predicted molar refractivity (Wildman–Crippen MR) is 102 cm³/mol. The molecule has 2 aromatic rings. The van der Waals surface area contributed by atoms with Gasteiger partial charge in [-0.25, -0.2) is 9.59 Å². The molecule has 0 aliphatic heterocycles. The maximum Gasteiger partial charge on any atom is 0.331 e. The molecule has 8 heteroatoms. The van der Waals surface area contributed by atoms with E-state index in [-0.39, 0.29) is 12.3 Å². The second kappa shape index (κ2) is 8.98. The van der Waals surface area contributed by atoms with Gasteiger partial charge in [-0.2, -0.15) is 0 Å². The van der Waals surface area contributed by atoms with Crippen LogP contribution in [0.3, 0.4) is 0 Å². The fraction of sp³-hybridized carbons (Fsp3) is 0.300. The van der Waals surface area contributed by atoms with Gasteiger partial charge in [-0.1, -0.05) is 30.3 Å². The lowest BCUT2D eigenvalue weighted by Crippen LogP contribution is -2.35. The van der Waals surface area contributed by atoms with Crippen molar-refractivity contribution < 1.29 is 19.1 Å². The summed E-state index contributed by atoms with van der Waals surface area (Å²) in [6, 6.07) is 10.2. The van der Waals surface area contributed by atoms with Crippen LogP contribution in [0, 0.1) is 0 Å². The lowest BCUT2D eigenvalue weighted by Gasteiger charge is -2.20. The number of carbonyl (C=O) groups is 2. The smallest absolute Gasteiger partial charge is 0.331 e. The molecule has 0 radical (unpaired) electrons. The van der Waals surface area contributed by atoms with Crippen LogP contribution in [0.5, 0.6) is 0 Å². The van der Waals surface area contributed by atoms with E-state index in [1.54, 1.807) is 20.8 Å². The molecule has 0 spiro atoms. The number of carbonyl (C=O) groups excluding carboxylic acids is 2. The van der Waals surface area contributed by atoms with Crippen molar-refractivity contribution in [3.8, 4) is 0 Å². The molecule has 1 N–H and O–H groups in total. The maximum atomic E-state index is 12.1. The van der Waals surface area contributed by atoms with Gasteiger partial charge in [0.25, 0.3) is 5.56 Å². The number of benzene rings is 1. The minimum Gasteiger partial charge on any atom is -0.459 e. The van der Waals surface area contributed by atoms with Crippen LogP contribution in [0.4, 0.5) is 0 Å². The third kappa shape index (κ3) is 6.71. The Bertz CT molecular complexity index is 980. The Kier molecular flexibility index (Phi) is 6.70. The van der Waals surface area contributed by atoms with Gasteiger partial charge in [0.15, 0.2) is 0 Å². The van der Waals surface area contributed by atoms with E-state index >= 15 is 0 Å². The molecule has 0 fully saturated rings. The SMILES string of the molecule is CC(C)(C)OC(=O)Cn1c(/C=C/C(=O)OCc2ccccc2)cc(=O)[nH]c1=O. The first-order valence-corrected chi connectivity index (χ1v) is 8.59. The molecule has 0 saturated heterocycles. The van der Waals surface area contributed by atoms with Crippen LogP contribution in [-0.2, 0) is 32.2 Å². The number of aromatic nitrogens is 2. The molecule has 8 nitrogen and oxygen atoms in total. The van der Waals surface area contributed by atoms with Crippen LogP contribution >= 0.6 is 0 Å². The zero-order chi connectivity index (χ0) is 20.7. The minimum absolute atomic E-state index is 0.0799. The first-order valence-electron chi connectivity index (χ1n) is 8.59. The van der Waals surface area contributed by atoms with E-state index in [9.17, 15) is 19.2 Å². The van der Waals surface area contributed by atoms with Crippen molar-refractivity contribution in [1.82, 2.24) is 9.55 Å². The van der Waals surface area contributed by atoms with Crippen LogP contribution in [-0.4, -0.2) is 27.1 Å². The number of rotatable bonds is 6. The van der Waals surface area contributed by atoms with E-state index in [2.05, 4.69) is 4.98 Å². The van der Waals surface area contributed by atoms with E-state index in [1.165, 1.54) is 6.08 Å². The van der Waals surface area contributed by atoms with Gasteiger partial charge in [0.2, 0.25) is 0 Å². The molecule has 1 heterocycles. The summed E-state index contributed by atoms with van der Waals surface area (Å²) in [5, 5.41) is 0. The van der Waals surface area contributed by atoms with E-state index in [4.69, 9.17) is 9.47 Å². The van der Waals surface area contributed by atoms with Crippen LogP contribution in [0.25, 0.3) is 6.08 Å². The van der Waals surface area contributed by atoms with Crippen LogP contribution in [0.1, 0.15) is 32.0 Å². The third-order valence-electron chi connectivity index (χ3n) is 3.39. The maximum absolute atomic E-state index is 12.1. The summed E-state index contributed by atoms with van der Waals surface area (Å²) >= 11 is 0. The summed E-state index contributed by atoms with van der Waals surface area (Å²) in [4.78, 5) is 49.7. The van der Waals surface area contributed by atoms with Crippen molar-refractivity contribution in [2.24, 2.45) is 0 Å². The fourth-order valence-electron chi connectivity index (χ4n) is 2.27. The summed E-state index contributed by atoms with van der Waals surface area (Å²) in [5.74, 6) is -1.30. The lowest BCUT2D eigenvalue weighted by molar-refractivity contribution is -0.155. The second-order valence-corrected chi connectivity index (χ2v) is 6.96. The number of nitrogens with zero attached hydrogens (tertiary/aromatic N) is 1. The van der Waals surface area contributed by atoms with E-state index in [0.29, 0.717) is 0 Å². The number of esters is 2. The quantitative estimate of drug-likeness (QED) is 0.597. The van der Waals surface area contributed by atoms with Gasteiger partial charge in [0, 0.05) is 12.1 Å². The minimum atomic E-state index is -0.782. The Labute approximate surface area is 161 Å². The molecule has 0 atom stereocenters. The summed E-state index contributed by atoms with van der Waals surface area (Å²) in [5.41, 5.74) is -1.25. The number of H-pyrrole nitrogens is 1. The first-order chi connectivity index (χ1) is 13.1. The van der Waals surface area contributed by atoms with Crippen molar-refractivity contribution in [3.63, 3.8) is 0 Å². The van der Waals surface area contributed by atoms with Gasteiger partial charge < -0.3 is 9.47 Å². The van der Waals surface area contributed by atoms with Gasteiger partial charge in [0.1, 0.15) is 18.8 Å². The predicted octanol–water partition coefficient (Wildman–Crippen LogP) is 1.63. The molecule has 0 bridgehead atoms. The Balaban J connectivity index is 2.14. The van der Waals surface area contributed by atoms with Crippen molar-refractivity contribution in [2.75, 3.05) is 0 Å². The molecule has 2 rings (SSSR count). The van der Waals surface area contributed by atoms with Gasteiger partial charge in [-0.05, 0) is 32.4 Å². The summed E-state index contributed by atoms with van der Waals surface area (Å²) in [6.07, 6.45) is 2.33. The fourth-order valence-corrected chi connectivity index (χ4v) is 2.27. The lowest BCUT2D eigenvalue weighted by atomic mass is 10.2. The highest BCUT2D eigenvalue weighted by molar-refractivity contribution is 5.86. The highest BCUT2D eigenvalue weighted by atomic mass is 16.6. The standard InChI is InChI=1S/C20H22N2O6/c1-20(2,3)28-18(25)12-22-15(11-16(23)21-19(22)26)9-10-17(24)27-13-14-7-5-4-6-8-14/h4-11H,12-13H2,1-3H3,(H,21,23,26)/b10-9+. The number of nitrogens with one attached hydrogen (secondary N) is 1. The molecule has 0 aliphatic rings. The molecule has 0 aliphatic carbocycles. The third-order valence-corrected chi connectivity index (χ3v) is 3.39. The number of hydrogen-bond acceptors (Lipinski definition) is 6. The normalized spacial score (nSPS) is 11.4. The Morgan fingerprint density at radius 2 is 1.82 bits per heavy atom. The second-order valence-electron chi connectivity index (χ2n) is 6.96. The molecule has 0 saturated carbocycles. The highest BCUT2D eigenvalue weighted by Gasteiger charge is 2.18. The monoisotopic (exact) mass is 386 g/mol. The zero-order valence-electron chi connectivity index (χ0n) is 15.9. The van der Waals surface area contributed by atoms with Gasteiger partial charge in [-0.3, -0.25) is 19.1 Å². The Morgan fingerprint density at radius 3 is 2.46 bits per heavy atom. The van der Waals surface area contributed by atoms with Gasteiger partial charge in [-0.15, -0.1) is 0 Å². The molecule has 0 amide bonds. The zero-order valence-corrected chi connectivity index (χ0v) is 15.9. The van der Waals surface area contributed by atoms with Crippen molar-refractivity contribution in [2.45, 2.75) is 39.5 Å². The largest absolute Gasteiger partial charge is 0.459 e. The average molecular weight is 386 g/mol. The van der Waals surface area contributed by atoms with Crippen LogP contribution in [0.15, 0.2) is 52.1 Å². The number of hydrogen-bond donors (Lipinski definition) is 1. The van der Waals surface area contributed by atoms with Crippen molar-refractivity contribution in [3.05, 3.63) is 74.6 Å². The van der Waals surface area contributed by atoms with Crippen LogP contribution < -0.4 is 11.2 Å². The van der Waals surface area contributed by atoms with Gasteiger partial charge >= 0.3 is 17.6 Å². The number of ether oxygens (including phenoxy) is 2. The molecular formula is C20H22N2O6. The molecular weight excluding hydrogens is 364 g/mol. The molecule has 148 valence electrons. The topological polar surface area (TPSA) is 107 Å². The summed E-state index contributed by atoms with van der Waals surface area (Å²) < 4.78 is 11.3. The van der Waals surface area contributed by atoms with Crippen LogP contribution in [0.2, 0.25) is 0 Å². The molecule has 1 aromatic heterocycles. The summed E-state index contributed by atoms with van der Waals surface area (Å²) in [6.45, 7) is 4.77.